The number of thiophene rings is 1. The van der Waals surface area contributed by atoms with Gasteiger partial charge in [0.25, 0.3) is 5.91 Å². The maximum Gasteiger partial charge on any atom is 0.260 e. The second kappa shape index (κ2) is 6.07. The molecule has 0 aliphatic heterocycles. The summed E-state index contributed by atoms with van der Waals surface area (Å²) in [5, 5.41) is 14.1. The van der Waals surface area contributed by atoms with Gasteiger partial charge < -0.3 is 4.57 Å². The maximum absolute atomic E-state index is 13.1. The first-order valence-electron chi connectivity index (χ1n) is 8.72. The van der Waals surface area contributed by atoms with E-state index in [0.29, 0.717) is 11.0 Å². The standard InChI is InChI=1S/C18H18N4OS2/c23-15(19-18-21-20-16(25-18)11-7-8-11)14-12-5-1-2-6-13(12)24-17(14)22-9-3-4-10-22/h3-4,9-11H,1-2,5-8H2,(H,19,21,23). The summed E-state index contributed by atoms with van der Waals surface area (Å²) >= 11 is 3.26. The van der Waals surface area contributed by atoms with Crippen LogP contribution >= 0.6 is 22.7 Å². The molecule has 1 amide bonds. The number of aryl methyl sites for hydroxylation is 1. The molecule has 2 aliphatic rings. The second-order valence-electron chi connectivity index (χ2n) is 6.66. The fourth-order valence-corrected chi connectivity index (χ4v) is 5.64. The maximum atomic E-state index is 13.1. The third-order valence-electron chi connectivity index (χ3n) is 4.81. The number of nitrogens with zero attached hydrogens (tertiary/aromatic N) is 3. The van der Waals surface area contributed by atoms with Gasteiger partial charge >= 0.3 is 0 Å². The summed E-state index contributed by atoms with van der Waals surface area (Å²) < 4.78 is 2.05. The molecule has 0 saturated heterocycles. The van der Waals surface area contributed by atoms with Gasteiger partial charge in [-0.05, 0) is 56.2 Å². The topological polar surface area (TPSA) is 59.8 Å². The van der Waals surface area contributed by atoms with Crippen LogP contribution in [0.2, 0.25) is 0 Å². The van der Waals surface area contributed by atoms with Gasteiger partial charge in [0.05, 0.1) is 5.56 Å². The molecule has 3 heterocycles. The number of amides is 1. The molecule has 128 valence electrons. The highest BCUT2D eigenvalue weighted by Gasteiger charge is 2.29. The van der Waals surface area contributed by atoms with Gasteiger partial charge in [0.1, 0.15) is 10.0 Å². The van der Waals surface area contributed by atoms with Gasteiger partial charge in [0, 0.05) is 23.2 Å². The van der Waals surface area contributed by atoms with Crippen LogP contribution in [0.5, 0.6) is 0 Å². The molecule has 1 N–H and O–H groups in total. The minimum Gasteiger partial charge on any atom is -0.315 e. The predicted octanol–water partition coefficient (Wildman–Crippen LogP) is 4.40. The number of aromatic nitrogens is 3. The Labute approximate surface area is 153 Å². The monoisotopic (exact) mass is 370 g/mol. The summed E-state index contributed by atoms with van der Waals surface area (Å²) in [4.78, 5) is 14.4. The van der Waals surface area contributed by atoms with Gasteiger partial charge in [-0.1, -0.05) is 11.3 Å². The highest BCUT2D eigenvalue weighted by molar-refractivity contribution is 7.16. The Hall–Kier alpha value is -1.99. The smallest absolute Gasteiger partial charge is 0.260 e. The lowest BCUT2D eigenvalue weighted by atomic mass is 9.95. The number of anilines is 1. The van der Waals surface area contributed by atoms with E-state index in [9.17, 15) is 4.79 Å². The Kier molecular flexibility index (Phi) is 3.71. The van der Waals surface area contributed by atoms with Gasteiger partial charge in [0.15, 0.2) is 0 Å². The Morgan fingerprint density at radius 2 is 1.92 bits per heavy atom. The molecule has 5 nitrogen and oxygen atoms in total. The molecular formula is C18H18N4OS2. The van der Waals surface area contributed by atoms with Crippen LogP contribution in [0.15, 0.2) is 24.5 Å². The van der Waals surface area contributed by atoms with E-state index in [1.807, 2.05) is 29.1 Å². The predicted molar refractivity (Wildman–Crippen MR) is 100 cm³/mol. The van der Waals surface area contributed by atoms with E-state index in [1.54, 1.807) is 11.3 Å². The second-order valence-corrected chi connectivity index (χ2v) is 8.75. The highest BCUT2D eigenvalue weighted by atomic mass is 32.1. The Morgan fingerprint density at radius 1 is 1.12 bits per heavy atom. The first kappa shape index (κ1) is 15.3. The molecule has 0 aromatic carbocycles. The normalized spacial score (nSPS) is 16.6. The molecule has 7 heteroatoms. The van der Waals surface area contributed by atoms with E-state index in [-0.39, 0.29) is 5.91 Å². The third-order valence-corrected chi connectivity index (χ3v) is 7.11. The molecule has 0 atom stereocenters. The molecule has 2 aliphatic carbocycles. The van der Waals surface area contributed by atoms with Crippen LogP contribution in [-0.2, 0) is 12.8 Å². The van der Waals surface area contributed by atoms with Crippen LogP contribution in [0.4, 0.5) is 5.13 Å². The lowest BCUT2D eigenvalue weighted by Gasteiger charge is -2.12. The first-order valence-corrected chi connectivity index (χ1v) is 10.4. The van der Waals surface area contributed by atoms with Gasteiger partial charge in [-0.15, -0.1) is 21.5 Å². The van der Waals surface area contributed by atoms with Crippen molar-refractivity contribution in [2.45, 2.75) is 44.4 Å². The number of hydrogen-bond acceptors (Lipinski definition) is 5. The van der Waals surface area contributed by atoms with Crippen molar-refractivity contribution >= 4 is 33.7 Å². The highest BCUT2D eigenvalue weighted by Crippen LogP contribution is 2.42. The zero-order valence-electron chi connectivity index (χ0n) is 13.7. The van der Waals surface area contributed by atoms with Crippen molar-refractivity contribution in [2.75, 3.05) is 5.32 Å². The third kappa shape index (κ3) is 2.81. The molecule has 0 unspecified atom stereocenters. The molecular weight excluding hydrogens is 352 g/mol. The molecule has 0 bridgehead atoms. The molecule has 0 radical (unpaired) electrons. The van der Waals surface area contributed by atoms with Gasteiger partial charge in [-0.3, -0.25) is 10.1 Å². The summed E-state index contributed by atoms with van der Waals surface area (Å²) in [5.41, 5.74) is 2.04. The van der Waals surface area contributed by atoms with Gasteiger partial charge in [-0.2, -0.15) is 0 Å². The summed E-state index contributed by atoms with van der Waals surface area (Å²) in [6.45, 7) is 0. The zero-order valence-corrected chi connectivity index (χ0v) is 15.3. The SMILES string of the molecule is O=C(Nc1nnc(C2CC2)s1)c1c(-n2cccc2)sc2c1CCCC2. The van der Waals surface area contributed by atoms with Crippen LogP contribution in [0.3, 0.4) is 0 Å². The quantitative estimate of drug-likeness (QED) is 0.740. The van der Waals surface area contributed by atoms with E-state index in [1.165, 1.54) is 41.0 Å². The van der Waals surface area contributed by atoms with E-state index in [0.717, 1.165) is 34.8 Å². The minimum atomic E-state index is -0.0541. The van der Waals surface area contributed by atoms with Gasteiger partial charge in [-0.25, -0.2) is 0 Å². The summed E-state index contributed by atoms with van der Waals surface area (Å²) in [6.07, 6.45) is 10.8. The average molecular weight is 371 g/mol. The van der Waals surface area contributed by atoms with Crippen molar-refractivity contribution in [1.82, 2.24) is 14.8 Å². The minimum absolute atomic E-state index is 0.0541. The van der Waals surface area contributed by atoms with Crippen molar-refractivity contribution in [2.24, 2.45) is 0 Å². The van der Waals surface area contributed by atoms with Crippen LogP contribution in [0, 0.1) is 0 Å². The number of carbonyl (C=O) groups excluding carboxylic acids is 1. The molecule has 25 heavy (non-hydrogen) atoms. The number of carbonyl (C=O) groups is 1. The zero-order chi connectivity index (χ0) is 16.8. The summed E-state index contributed by atoms with van der Waals surface area (Å²) in [7, 11) is 0. The van der Waals surface area contributed by atoms with Crippen molar-refractivity contribution in [3.63, 3.8) is 0 Å². The average Bonchev–Trinajstić information content (AvgIpc) is 3.04. The van der Waals surface area contributed by atoms with E-state index in [2.05, 4.69) is 15.5 Å². The van der Waals surface area contributed by atoms with Crippen LogP contribution in [0.25, 0.3) is 5.00 Å². The molecule has 3 aromatic rings. The Balaban J connectivity index is 1.50. The van der Waals surface area contributed by atoms with E-state index < -0.39 is 0 Å². The first-order chi connectivity index (χ1) is 12.3. The van der Waals surface area contributed by atoms with E-state index >= 15 is 0 Å². The van der Waals surface area contributed by atoms with E-state index in [4.69, 9.17) is 0 Å². The van der Waals surface area contributed by atoms with Crippen molar-refractivity contribution < 1.29 is 4.79 Å². The number of hydrogen-bond donors (Lipinski definition) is 1. The Bertz CT molecular complexity index is 921. The van der Waals surface area contributed by atoms with Crippen LogP contribution < -0.4 is 5.32 Å². The van der Waals surface area contributed by atoms with Crippen molar-refractivity contribution in [3.05, 3.63) is 45.5 Å². The molecule has 1 fully saturated rings. The largest absolute Gasteiger partial charge is 0.315 e. The molecule has 0 spiro atoms. The molecule has 3 aromatic heterocycles. The summed E-state index contributed by atoms with van der Waals surface area (Å²) in [6, 6.07) is 3.99. The fourth-order valence-electron chi connectivity index (χ4n) is 3.38. The van der Waals surface area contributed by atoms with Gasteiger partial charge in [0.2, 0.25) is 5.13 Å². The van der Waals surface area contributed by atoms with Crippen molar-refractivity contribution in [3.8, 4) is 5.00 Å². The van der Waals surface area contributed by atoms with Crippen LogP contribution in [0.1, 0.15) is 57.4 Å². The number of fused-ring (bicyclic) bond motifs is 1. The number of rotatable bonds is 4. The Morgan fingerprint density at radius 3 is 2.72 bits per heavy atom. The fraction of sp³-hybridized carbons (Fsp3) is 0.389. The summed E-state index contributed by atoms with van der Waals surface area (Å²) in [5.74, 6) is 0.508. The number of nitrogens with one attached hydrogen (secondary N) is 1. The molecule has 5 rings (SSSR count). The van der Waals surface area contributed by atoms with Crippen LogP contribution in [-0.4, -0.2) is 20.7 Å². The lowest BCUT2D eigenvalue weighted by Crippen LogP contribution is -2.16. The lowest BCUT2D eigenvalue weighted by molar-refractivity contribution is 0.102. The van der Waals surface area contributed by atoms with Crippen molar-refractivity contribution in [1.29, 1.82) is 0 Å². The molecule has 1 saturated carbocycles.